The highest BCUT2D eigenvalue weighted by atomic mass is 19.3. The largest absolute Gasteiger partial charge is 0.364 e. The maximum atomic E-state index is 13.7. The normalized spacial score (nSPS) is 18.4. The Morgan fingerprint density at radius 3 is 2.32 bits per heavy atom. The molecule has 1 amide bonds. The molecule has 0 fully saturated rings. The third-order valence-corrected chi connectivity index (χ3v) is 5.90. The molecule has 0 unspecified atom stereocenters. The van der Waals surface area contributed by atoms with Crippen LogP contribution in [-0.4, -0.2) is 45.3 Å². The summed E-state index contributed by atoms with van der Waals surface area (Å²) in [5.74, 6) is -0.806. The number of alkyl halides is 4. The second-order valence-corrected chi connectivity index (χ2v) is 8.72. The van der Waals surface area contributed by atoms with Crippen molar-refractivity contribution in [2.45, 2.75) is 51.7 Å². The van der Waals surface area contributed by atoms with Crippen molar-refractivity contribution < 1.29 is 27.5 Å². The fourth-order valence-corrected chi connectivity index (χ4v) is 3.92. The monoisotopic (exact) mass is 473 g/mol. The molecule has 2 heterocycles. The molecule has 1 aliphatic rings. The van der Waals surface area contributed by atoms with Crippen LogP contribution < -0.4 is 0 Å². The number of aliphatic hydroxyl groups is 1. The number of nitrogens with zero attached hydrogens (tertiary/aromatic N) is 3. The highest BCUT2D eigenvalue weighted by Gasteiger charge is 2.53. The second-order valence-electron chi connectivity index (χ2n) is 8.72. The zero-order chi connectivity index (χ0) is 24.8. The van der Waals surface area contributed by atoms with Gasteiger partial charge in [0.25, 0.3) is 18.8 Å². The molecule has 3 aromatic rings. The number of fused-ring (bicyclic) bond motifs is 1. The van der Waals surface area contributed by atoms with Crippen LogP contribution in [0.3, 0.4) is 0 Å². The van der Waals surface area contributed by atoms with Gasteiger partial charge in [0.2, 0.25) is 5.72 Å². The molecule has 0 aliphatic carbocycles. The van der Waals surface area contributed by atoms with Crippen molar-refractivity contribution in [3.05, 3.63) is 65.2 Å². The van der Waals surface area contributed by atoms with Crippen molar-refractivity contribution in [2.75, 3.05) is 0 Å². The first-order valence-electron chi connectivity index (χ1n) is 10.7. The third kappa shape index (κ3) is 4.16. The van der Waals surface area contributed by atoms with E-state index in [0.717, 1.165) is 11.1 Å². The number of pyridine rings is 1. The lowest BCUT2D eigenvalue weighted by Crippen LogP contribution is -2.51. The molecule has 5 nitrogen and oxygen atoms in total. The minimum Gasteiger partial charge on any atom is -0.364 e. The summed E-state index contributed by atoms with van der Waals surface area (Å²) < 4.78 is 53.9. The van der Waals surface area contributed by atoms with Gasteiger partial charge in [0.15, 0.2) is 0 Å². The number of carbonyl (C=O) groups is 1. The van der Waals surface area contributed by atoms with E-state index in [1.165, 1.54) is 6.07 Å². The van der Waals surface area contributed by atoms with Gasteiger partial charge in [-0.3, -0.25) is 4.79 Å². The van der Waals surface area contributed by atoms with Crippen LogP contribution in [0.4, 0.5) is 17.6 Å². The van der Waals surface area contributed by atoms with Gasteiger partial charge in [-0.25, -0.2) is 22.5 Å². The lowest BCUT2D eigenvalue weighted by atomic mass is 9.98. The van der Waals surface area contributed by atoms with Gasteiger partial charge >= 0.3 is 0 Å². The van der Waals surface area contributed by atoms with Gasteiger partial charge in [0.05, 0.1) is 16.8 Å². The third-order valence-electron chi connectivity index (χ3n) is 5.90. The standard InChI is InChI=1S/C25H23F4N3O2/c1-13(2)15-5-7-16(8-6-15)20-11-18(17-10-14(3)4-9-19(17)30-20)23(33)32-25(34,24(28)29)12-21(31-32)22(26)27/h4-11,13,22,24,34H,12H2,1-3H3/t25-/m1/s1. The summed E-state index contributed by atoms with van der Waals surface area (Å²) in [7, 11) is 0. The van der Waals surface area contributed by atoms with Gasteiger partial charge < -0.3 is 5.11 Å². The lowest BCUT2D eigenvalue weighted by Gasteiger charge is -2.30. The number of aryl methyl sites for hydroxylation is 1. The van der Waals surface area contributed by atoms with Crippen molar-refractivity contribution in [3.63, 3.8) is 0 Å². The highest BCUT2D eigenvalue weighted by molar-refractivity contribution is 6.08. The van der Waals surface area contributed by atoms with E-state index in [4.69, 9.17) is 0 Å². The summed E-state index contributed by atoms with van der Waals surface area (Å²) in [6.45, 7) is 5.89. The maximum Gasteiger partial charge on any atom is 0.287 e. The number of hydrogen-bond acceptors (Lipinski definition) is 4. The molecule has 0 saturated heterocycles. The maximum absolute atomic E-state index is 13.7. The molecule has 1 atom stereocenters. The van der Waals surface area contributed by atoms with E-state index >= 15 is 0 Å². The summed E-state index contributed by atoms with van der Waals surface area (Å²) in [6.07, 6.45) is -7.83. The van der Waals surface area contributed by atoms with Crippen LogP contribution in [0.2, 0.25) is 0 Å². The molecular formula is C25H23F4N3O2. The molecule has 4 rings (SSSR count). The van der Waals surface area contributed by atoms with Crippen molar-refractivity contribution in [2.24, 2.45) is 5.10 Å². The predicted molar refractivity (Wildman–Crippen MR) is 121 cm³/mol. The number of aromatic nitrogens is 1. The van der Waals surface area contributed by atoms with Gasteiger partial charge in [-0.2, -0.15) is 10.1 Å². The number of hydrogen-bond donors (Lipinski definition) is 1. The highest BCUT2D eigenvalue weighted by Crippen LogP contribution is 2.36. The number of hydrazone groups is 1. The SMILES string of the molecule is Cc1ccc2nc(-c3ccc(C(C)C)cc3)cc(C(=O)N3N=C(C(F)F)C[C@@]3(O)C(F)F)c2c1. The number of benzene rings is 2. The van der Waals surface area contributed by atoms with Crippen LogP contribution in [0.1, 0.15) is 47.7 Å². The van der Waals surface area contributed by atoms with E-state index in [0.29, 0.717) is 28.1 Å². The molecule has 1 aliphatic heterocycles. The number of amides is 1. The molecule has 9 heteroatoms. The van der Waals surface area contributed by atoms with Crippen molar-refractivity contribution in [1.82, 2.24) is 9.99 Å². The molecule has 0 radical (unpaired) electrons. The molecule has 1 N–H and O–H groups in total. The van der Waals surface area contributed by atoms with Crippen LogP contribution in [0.25, 0.3) is 22.2 Å². The van der Waals surface area contributed by atoms with Crippen LogP contribution in [0.5, 0.6) is 0 Å². The fourth-order valence-electron chi connectivity index (χ4n) is 3.92. The number of rotatable bonds is 5. The Kier molecular flexibility index (Phi) is 6.16. The average molecular weight is 473 g/mol. The van der Waals surface area contributed by atoms with Crippen molar-refractivity contribution in [1.29, 1.82) is 0 Å². The second kappa shape index (κ2) is 8.79. The topological polar surface area (TPSA) is 65.8 Å². The molecule has 34 heavy (non-hydrogen) atoms. The zero-order valence-electron chi connectivity index (χ0n) is 18.8. The Bertz CT molecular complexity index is 1280. The zero-order valence-corrected chi connectivity index (χ0v) is 18.8. The summed E-state index contributed by atoms with van der Waals surface area (Å²) >= 11 is 0. The first-order valence-corrected chi connectivity index (χ1v) is 10.7. The number of halogens is 4. The first kappa shape index (κ1) is 23.8. The van der Waals surface area contributed by atoms with Gasteiger partial charge in [-0.1, -0.05) is 49.7 Å². The summed E-state index contributed by atoms with van der Waals surface area (Å²) in [6, 6.07) is 14.1. The molecule has 0 saturated carbocycles. The average Bonchev–Trinajstić information content (AvgIpc) is 3.17. The molecule has 1 aromatic heterocycles. The summed E-state index contributed by atoms with van der Waals surface area (Å²) in [4.78, 5) is 18.0. The number of carbonyl (C=O) groups excluding carboxylic acids is 1. The van der Waals surface area contributed by atoms with Crippen molar-refractivity contribution >= 4 is 22.5 Å². The Balaban J connectivity index is 1.88. The van der Waals surface area contributed by atoms with Crippen LogP contribution in [0.15, 0.2) is 53.6 Å². The smallest absolute Gasteiger partial charge is 0.287 e. The van der Waals surface area contributed by atoms with Crippen molar-refractivity contribution in [3.8, 4) is 11.3 Å². The van der Waals surface area contributed by atoms with E-state index in [9.17, 15) is 27.5 Å². The Morgan fingerprint density at radius 2 is 1.74 bits per heavy atom. The minimum atomic E-state index is -3.51. The molecule has 0 spiro atoms. The van der Waals surface area contributed by atoms with E-state index in [2.05, 4.69) is 23.9 Å². The Labute approximate surface area is 193 Å². The molecule has 178 valence electrons. The predicted octanol–water partition coefficient (Wildman–Crippen LogP) is 5.75. The minimum absolute atomic E-state index is 0.0741. The van der Waals surface area contributed by atoms with E-state index in [1.807, 2.05) is 24.3 Å². The molecule has 0 bridgehead atoms. The Hall–Kier alpha value is -3.33. The van der Waals surface area contributed by atoms with Gasteiger partial charge in [-0.05, 0) is 36.6 Å². The molecular weight excluding hydrogens is 450 g/mol. The lowest BCUT2D eigenvalue weighted by molar-refractivity contribution is -0.164. The first-order chi connectivity index (χ1) is 16.0. The fraction of sp³-hybridized carbons (Fsp3) is 0.320. The van der Waals surface area contributed by atoms with Crippen LogP contribution >= 0.6 is 0 Å². The Morgan fingerprint density at radius 1 is 1.06 bits per heavy atom. The van der Waals surface area contributed by atoms with E-state index in [1.54, 1.807) is 25.1 Å². The van der Waals surface area contributed by atoms with Gasteiger partial charge in [-0.15, -0.1) is 0 Å². The van der Waals surface area contributed by atoms with Crippen LogP contribution in [-0.2, 0) is 0 Å². The molecule has 2 aromatic carbocycles. The van der Waals surface area contributed by atoms with Gasteiger partial charge in [0.1, 0.15) is 5.71 Å². The van der Waals surface area contributed by atoms with Crippen LogP contribution in [0, 0.1) is 6.92 Å². The quantitative estimate of drug-likeness (QED) is 0.480. The summed E-state index contributed by atoms with van der Waals surface area (Å²) in [5, 5.41) is 14.3. The van der Waals surface area contributed by atoms with Gasteiger partial charge in [0, 0.05) is 17.4 Å². The van der Waals surface area contributed by atoms with E-state index < -0.39 is 36.6 Å². The summed E-state index contributed by atoms with van der Waals surface area (Å²) in [5.41, 5.74) is -0.843. The van der Waals surface area contributed by atoms with E-state index in [-0.39, 0.29) is 10.6 Å².